The number of nitriles is 1. The van der Waals surface area contributed by atoms with E-state index in [4.69, 9.17) is 97.9 Å². The minimum atomic E-state index is -3.22. The fourth-order valence-corrected chi connectivity index (χ4v) is 6.82. The Kier molecular flexibility index (Phi) is 45.9. The first-order valence-corrected chi connectivity index (χ1v) is 34.7. The van der Waals surface area contributed by atoms with Crippen LogP contribution in [-0.4, -0.2) is 106 Å². The molecule has 0 aliphatic heterocycles. The summed E-state index contributed by atoms with van der Waals surface area (Å²) >= 11 is 49.8. The van der Waals surface area contributed by atoms with Crippen molar-refractivity contribution in [1.29, 1.82) is 5.26 Å². The van der Waals surface area contributed by atoms with E-state index in [1.165, 1.54) is 63.6 Å². The molecule has 44 heteroatoms. The molecule has 0 spiro atoms. The van der Waals surface area contributed by atoms with Crippen molar-refractivity contribution >= 4 is 204 Å². The number of hydrogen-bond acceptors (Lipinski definition) is 23. The summed E-state index contributed by atoms with van der Waals surface area (Å²) in [5.74, 6) is 0. The summed E-state index contributed by atoms with van der Waals surface area (Å²) in [6, 6.07) is 4.66. The van der Waals surface area contributed by atoms with Crippen molar-refractivity contribution in [3.8, 4) is 6.07 Å². The highest BCUT2D eigenvalue weighted by Gasteiger charge is 2.29. The van der Waals surface area contributed by atoms with Crippen LogP contribution < -0.4 is 38.6 Å². The lowest BCUT2D eigenvalue weighted by Crippen LogP contribution is -2.15. The summed E-state index contributed by atoms with van der Waals surface area (Å²) in [5, 5.41) is 67.1. The molecule has 7 aromatic rings. The molecule has 11 N–H and O–H groups in total. The Morgan fingerprint density at radius 3 is 1.48 bits per heavy atom. The molecule has 0 unspecified atom stereocenters. The topological polar surface area (TPSA) is 485 Å². The highest BCUT2D eigenvalue weighted by molar-refractivity contribution is 14.1. The number of aromatic nitrogens is 8. The van der Waals surface area contributed by atoms with Gasteiger partial charge in [-0.15, -0.1) is 0 Å². The van der Waals surface area contributed by atoms with Gasteiger partial charge in [-0.1, -0.05) is 92.2 Å². The number of nitrogens with two attached hydrogens (primary N) is 2. The van der Waals surface area contributed by atoms with Crippen molar-refractivity contribution < 1.29 is 35.8 Å². The van der Waals surface area contributed by atoms with Gasteiger partial charge in [0.25, 0.3) is 10.9 Å². The van der Waals surface area contributed by atoms with Gasteiger partial charge in [0.15, 0.2) is 0 Å². The van der Waals surface area contributed by atoms with Gasteiger partial charge >= 0.3 is 33.6 Å². The molecule has 7 heterocycles. The van der Waals surface area contributed by atoms with Gasteiger partial charge in [0.05, 0.1) is 93.0 Å². The maximum Gasteiger partial charge on any atom is 0.339 e. The Hall–Kier alpha value is -5.71. The molecule has 0 saturated heterocycles. The maximum atomic E-state index is 11.6. The molecule has 4 aliphatic rings. The van der Waals surface area contributed by atoms with Crippen molar-refractivity contribution in [1.82, 2.24) is 39.5 Å². The third-order valence-electron chi connectivity index (χ3n) is 10.1. The first kappa shape index (κ1) is 87.3. The number of aromatic amines is 3. The zero-order chi connectivity index (χ0) is 72.4. The summed E-state index contributed by atoms with van der Waals surface area (Å²) in [5.41, 5.74) is 11.5. The lowest BCUT2D eigenvalue weighted by molar-refractivity contribution is -0.386. The van der Waals surface area contributed by atoms with E-state index >= 15 is 0 Å². The van der Waals surface area contributed by atoms with Crippen LogP contribution in [0.4, 0.5) is 39.8 Å². The third-order valence-corrected chi connectivity index (χ3v) is 12.0. The van der Waals surface area contributed by atoms with E-state index in [1.54, 1.807) is 42.3 Å². The van der Waals surface area contributed by atoms with Crippen LogP contribution in [-0.2, 0) is 4.57 Å². The molecular formula is C49H58Cl11IN17O14P. The molecule has 11 rings (SSSR count). The quantitative estimate of drug-likeness (QED) is 0.0213. The van der Waals surface area contributed by atoms with Crippen LogP contribution in [0.25, 0.3) is 11.0 Å². The van der Waals surface area contributed by atoms with E-state index in [0.29, 0.717) is 55.5 Å². The van der Waals surface area contributed by atoms with Gasteiger partial charge in [-0.25, -0.2) is 4.79 Å². The number of H-pyrrole nitrogens is 3. The number of anilines is 3. The zero-order valence-electron chi connectivity index (χ0n) is 49.3. The average molecular weight is 1660 g/mol. The Bertz CT molecular complexity index is 3720. The number of pyridine rings is 6. The number of hydrogen-bond donors (Lipinski definition) is 9. The number of rotatable bonds is 9. The SMILES string of the molecule is CC#N.CCO.CO.ClCl.NC1CC1.Nc1cncc(Cl)c1NC1CC1.O=P(Cl)(Cl)Cl.O=[N+]([O-])c1cncc(Cl)c1Cl.O=[N+]([O-])c1cncc(Cl)c1NC1CC1.O=c1[nH]c2cncc(Cl)c2n1C1CC1.O=c1c(Cl)c[nH]cc1[N+](=O)[O-].O=c1cc[nH]cc1[N+](=O)[O-].[2H]CI. The Morgan fingerprint density at radius 2 is 1.10 bits per heavy atom. The highest BCUT2D eigenvalue weighted by Crippen LogP contribution is 2.61. The number of aliphatic hydroxyl groups is 2. The van der Waals surface area contributed by atoms with Crippen LogP contribution in [0.15, 0.2) is 94.8 Å². The number of nitrogens with one attached hydrogen (secondary N) is 5. The summed E-state index contributed by atoms with van der Waals surface area (Å²) in [6.07, 6.45) is 25.0. The van der Waals surface area contributed by atoms with Gasteiger partial charge in [-0.3, -0.25) is 79.1 Å². The Labute approximate surface area is 597 Å². The Balaban J connectivity index is 0. The predicted molar refractivity (Wildman–Crippen MR) is 376 cm³/mol. The van der Waals surface area contributed by atoms with E-state index in [1.807, 2.05) is 22.6 Å². The van der Waals surface area contributed by atoms with Crippen LogP contribution in [0.3, 0.4) is 0 Å². The van der Waals surface area contributed by atoms with Crippen LogP contribution in [0.1, 0.15) is 72.6 Å². The maximum absolute atomic E-state index is 11.6. The Morgan fingerprint density at radius 1 is 0.699 bits per heavy atom. The third kappa shape index (κ3) is 37.8. The van der Waals surface area contributed by atoms with Crippen molar-refractivity contribution in [2.24, 2.45) is 5.73 Å². The van der Waals surface area contributed by atoms with Gasteiger partial charge in [0, 0.05) is 111 Å². The molecule has 93 heavy (non-hydrogen) atoms. The lowest BCUT2D eigenvalue weighted by Gasteiger charge is -2.08. The molecule has 31 nitrogen and oxygen atoms in total. The minimum Gasteiger partial charge on any atom is -0.400 e. The van der Waals surface area contributed by atoms with Crippen molar-refractivity contribution in [2.75, 3.05) is 35.0 Å². The smallest absolute Gasteiger partial charge is 0.339 e. The van der Waals surface area contributed by atoms with Crippen molar-refractivity contribution in [3.05, 3.63) is 182 Å². The molecule has 0 aromatic carbocycles. The van der Waals surface area contributed by atoms with E-state index in [9.17, 15) is 59.4 Å². The molecule has 0 amide bonds. The number of nitro groups is 4. The van der Waals surface area contributed by atoms with Gasteiger partial charge in [-0.05, 0) is 96.9 Å². The van der Waals surface area contributed by atoms with E-state index in [0.717, 1.165) is 74.2 Å². The second kappa shape index (κ2) is 48.9. The highest BCUT2D eigenvalue weighted by atomic mass is 127. The molecule has 7 aromatic heterocycles. The zero-order valence-corrected chi connectivity index (χ0v) is 59.7. The number of fused-ring (bicyclic) bond motifs is 1. The number of aliphatic hydroxyl groups excluding tert-OH is 2. The molecule has 0 bridgehead atoms. The fourth-order valence-electron chi connectivity index (χ4n) is 5.66. The minimum absolute atomic E-state index is 0.0654. The van der Waals surface area contributed by atoms with Gasteiger partial charge in [-0.2, -0.15) is 5.26 Å². The van der Waals surface area contributed by atoms with E-state index < -0.39 is 47.1 Å². The molecule has 0 radical (unpaired) electrons. The molecule has 4 fully saturated rings. The van der Waals surface area contributed by atoms with E-state index in [-0.39, 0.29) is 38.7 Å². The second-order valence-electron chi connectivity index (χ2n) is 17.2. The molecule has 512 valence electrons. The summed E-state index contributed by atoms with van der Waals surface area (Å²) in [4.78, 5) is 94.4. The normalized spacial score (nSPS) is 12.5. The standard InChI is InChI=1S/C9H8ClN3O.C8H8ClN3O2.C8H10ClN3.C5H2Cl2N2O2.C5H3ClN2O3.C5H4N2O3.C3H7N.C2H3N.C2H6O.CH3I.CH4O.Cl3OP.Cl2/c10-6-3-11-4-7-8(6)13(5-1-2-5)9(14)12-7;9-6-3-10-4-7(12(13)14)8(6)11-5-1-2-5;9-6-3-11-4-7(10)8(6)12-5-1-2-5;6-3-1-8-2-4(5(3)7)9(10)11;6-3-1-7-2-4(5(3)9)8(10)11;8-5-1-2-6-3-4(5)7(9)10;4-3-1-2-3;2*1-2-3;2*1-2;1-5(2,3)4;1-2/h3-5H,1-2H2,(H,12,14);3-5H,1-2H2,(H,10,11);3-5H,1-2,10H2,(H,11,12);1-2H;1-2H,(H,7,9);1-3H,(H,6,8);3H,1-2,4H2;1H3;3H,2H2,1H3;1H3;2H,1H3;;/i;;;;;;;;;1D;;;. The van der Waals surface area contributed by atoms with Crippen LogP contribution >= 0.6 is 153 Å². The van der Waals surface area contributed by atoms with Gasteiger partial charge < -0.3 is 47.3 Å². The average Bonchev–Trinajstić information content (AvgIpc) is 1.62. The second-order valence-corrected chi connectivity index (χ2v) is 26.2. The van der Waals surface area contributed by atoms with E-state index in [2.05, 4.69) is 101 Å². The van der Waals surface area contributed by atoms with Gasteiger partial charge in [0.1, 0.15) is 28.1 Å². The summed E-state index contributed by atoms with van der Waals surface area (Å²) in [6.45, 7) is 3.36. The predicted octanol–water partition coefficient (Wildman–Crippen LogP) is 14.8. The molecule has 4 aliphatic carbocycles. The fraction of sp³-hybridized carbons (Fsp3) is 0.347. The summed E-state index contributed by atoms with van der Waals surface area (Å²) in [7, 11) is 9.22. The first-order chi connectivity index (χ1) is 44.3. The largest absolute Gasteiger partial charge is 0.400 e. The number of halogens is 12. The monoisotopic (exact) mass is 1650 g/mol. The number of nitrogen functional groups attached to an aromatic ring is 1. The van der Waals surface area contributed by atoms with Crippen molar-refractivity contribution in [3.63, 3.8) is 0 Å². The molecular weight excluding hydrogens is 1600 g/mol. The molecule has 0 atom stereocenters. The first-order valence-electron chi connectivity index (χ1n) is 26.0. The van der Waals surface area contributed by atoms with Crippen LogP contribution in [0, 0.1) is 51.8 Å². The number of nitrogens with zero attached hydrogens (tertiary/aromatic N) is 10. The van der Waals surface area contributed by atoms with Crippen LogP contribution in [0.5, 0.6) is 0 Å². The van der Waals surface area contributed by atoms with Crippen LogP contribution in [0.2, 0.25) is 30.1 Å². The van der Waals surface area contributed by atoms with Gasteiger partial charge in [0.2, 0.25) is 0 Å². The number of imidazole rings is 1. The van der Waals surface area contributed by atoms with Crippen molar-refractivity contribution in [2.45, 2.75) is 89.4 Å². The lowest BCUT2D eigenvalue weighted by atomic mass is 10.3. The summed E-state index contributed by atoms with van der Waals surface area (Å²) < 4.78 is 17.4. The molecule has 4 saturated carbocycles. The number of alkyl halides is 1.